The summed E-state index contributed by atoms with van der Waals surface area (Å²) >= 11 is 0. The predicted molar refractivity (Wildman–Crippen MR) is 232 cm³/mol. The van der Waals surface area contributed by atoms with Crippen LogP contribution in [0.1, 0.15) is 68.9 Å². The number of benzene rings is 3. The summed E-state index contributed by atoms with van der Waals surface area (Å²) in [6, 6.07) is 25.3. The van der Waals surface area contributed by atoms with Gasteiger partial charge in [-0.05, 0) is 112 Å². The van der Waals surface area contributed by atoms with Crippen molar-refractivity contribution in [3.63, 3.8) is 0 Å². The minimum absolute atomic E-state index is 0.167. The van der Waals surface area contributed by atoms with Gasteiger partial charge in [-0.1, -0.05) is 50.2 Å². The van der Waals surface area contributed by atoms with E-state index < -0.39 is 57.0 Å². The molecule has 0 aliphatic carbocycles. The molecular formula is C46H40N8O9. The number of esters is 3. The Kier molecular flexibility index (Phi) is 11.7. The topological polar surface area (TPSA) is 235 Å². The Morgan fingerprint density at radius 3 is 1.76 bits per heavy atom. The van der Waals surface area contributed by atoms with E-state index in [1.807, 2.05) is 26.0 Å². The zero-order valence-electron chi connectivity index (χ0n) is 34.4. The van der Waals surface area contributed by atoms with Crippen LogP contribution in [0.15, 0.2) is 105 Å². The number of aryl methyl sites for hydroxylation is 2. The average Bonchev–Trinajstić information content (AvgIpc) is 4.05. The molecule has 1 aliphatic heterocycles. The highest BCUT2D eigenvalue weighted by Crippen LogP contribution is 2.30. The molecule has 8 rings (SSSR count). The molecule has 5 heterocycles. The van der Waals surface area contributed by atoms with Crippen LogP contribution in [0.25, 0.3) is 45.2 Å². The van der Waals surface area contributed by atoms with E-state index in [0.29, 0.717) is 69.2 Å². The first-order chi connectivity index (χ1) is 30.5. The number of aromatic nitrogens is 7. The molecule has 1 aliphatic rings. The number of tetrazole rings is 1. The number of hydrogen-bond donors (Lipinski definition) is 4. The van der Waals surface area contributed by atoms with Gasteiger partial charge in [0, 0.05) is 30.4 Å². The van der Waals surface area contributed by atoms with Crippen LogP contribution in [0.5, 0.6) is 11.5 Å². The number of hydrogen-bond acceptors (Lipinski definition) is 13. The summed E-state index contributed by atoms with van der Waals surface area (Å²) in [6.45, 7) is 5.49. The third-order valence-corrected chi connectivity index (χ3v) is 10.9. The predicted octanol–water partition coefficient (Wildman–Crippen LogP) is 5.88. The number of H-pyrrole nitrogens is 4. The molecule has 0 unspecified atom stereocenters. The molecule has 17 nitrogen and oxygen atoms in total. The van der Waals surface area contributed by atoms with E-state index in [4.69, 9.17) is 14.2 Å². The van der Waals surface area contributed by atoms with Crippen molar-refractivity contribution in [3.8, 4) is 56.7 Å². The van der Waals surface area contributed by atoms with Crippen LogP contribution in [0.4, 0.5) is 5.69 Å². The zero-order chi connectivity index (χ0) is 44.2. The first-order valence-electron chi connectivity index (χ1n) is 20.2. The molecule has 0 bridgehead atoms. The van der Waals surface area contributed by atoms with Crippen molar-refractivity contribution in [2.45, 2.75) is 39.5 Å². The Bertz CT molecular complexity index is 3020. The fourth-order valence-corrected chi connectivity index (χ4v) is 7.49. The SMILES string of the molecule is CCc1cc(C(=O)OC(=O)c2c(OC(=O)c3cc(CC)c(-c4ccc(-c5nnn[nH]5)cc4)[nH]c3=O)cc(-c3ccc(N4CCCC4)cc3)[nH]c2=O)c(=O)[nH]c1-c1ccc(OC)cc1. The van der Waals surface area contributed by atoms with Crippen molar-refractivity contribution >= 4 is 23.6 Å². The number of carbonyl (C=O) groups excluding carboxylic acids is 3. The molecule has 7 aromatic rings. The van der Waals surface area contributed by atoms with E-state index in [2.05, 4.69) is 40.5 Å². The Balaban J connectivity index is 1.12. The number of rotatable bonds is 12. The van der Waals surface area contributed by atoms with Crippen LogP contribution < -0.4 is 31.1 Å². The lowest BCUT2D eigenvalue weighted by Gasteiger charge is -2.18. The second kappa shape index (κ2) is 17.8. The Morgan fingerprint density at radius 1 is 0.651 bits per heavy atom. The smallest absolute Gasteiger partial charge is 0.355 e. The Morgan fingerprint density at radius 2 is 1.21 bits per heavy atom. The van der Waals surface area contributed by atoms with Crippen molar-refractivity contribution in [1.82, 2.24) is 35.6 Å². The summed E-state index contributed by atoms with van der Waals surface area (Å²) < 4.78 is 16.1. The second-order valence-electron chi connectivity index (χ2n) is 14.6. The number of pyridine rings is 3. The summed E-state index contributed by atoms with van der Waals surface area (Å²) in [6.07, 6.45) is 2.94. The van der Waals surface area contributed by atoms with E-state index in [0.717, 1.165) is 31.6 Å². The Labute approximate surface area is 358 Å². The van der Waals surface area contributed by atoms with Gasteiger partial charge in [0.2, 0.25) is 0 Å². The molecule has 4 aromatic heterocycles. The summed E-state index contributed by atoms with van der Waals surface area (Å²) in [5.41, 5.74) is 1.27. The quantitative estimate of drug-likeness (QED) is 0.0831. The molecule has 3 aromatic carbocycles. The highest BCUT2D eigenvalue weighted by atomic mass is 16.6. The monoisotopic (exact) mass is 848 g/mol. The average molecular weight is 849 g/mol. The van der Waals surface area contributed by atoms with E-state index in [-0.39, 0.29) is 5.69 Å². The van der Waals surface area contributed by atoms with Gasteiger partial charge in [0.25, 0.3) is 16.7 Å². The minimum atomic E-state index is -1.50. The van der Waals surface area contributed by atoms with Crippen LogP contribution in [0, 0.1) is 0 Å². The van der Waals surface area contributed by atoms with Gasteiger partial charge in [-0.2, -0.15) is 0 Å². The summed E-state index contributed by atoms with van der Waals surface area (Å²) in [5.74, 6) is -3.56. The lowest BCUT2D eigenvalue weighted by atomic mass is 10.0. The molecular weight excluding hydrogens is 809 g/mol. The molecule has 0 amide bonds. The summed E-state index contributed by atoms with van der Waals surface area (Å²) in [5, 5.41) is 13.8. The molecule has 0 radical (unpaired) electrons. The third-order valence-electron chi connectivity index (χ3n) is 10.9. The van der Waals surface area contributed by atoms with Gasteiger partial charge in [0.05, 0.1) is 24.2 Å². The maximum absolute atomic E-state index is 13.9. The largest absolute Gasteiger partial charge is 0.497 e. The molecule has 4 N–H and O–H groups in total. The van der Waals surface area contributed by atoms with Crippen LogP contribution in [0.2, 0.25) is 0 Å². The van der Waals surface area contributed by atoms with Crippen LogP contribution in [0.3, 0.4) is 0 Å². The first-order valence-corrected chi connectivity index (χ1v) is 20.2. The molecule has 1 fully saturated rings. The maximum Gasteiger partial charge on any atom is 0.355 e. The molecule has 0 atom stereocenters. The van der Waals surface area contributed by atoms with Gasteiger partial charge in [-0.25, -0.2) is 19.5 Å². The number of methoxy groups -OCH3 is 1. The number of carbonyl (C=O) groups is 3. The van der Waals surface area contributed by atoms with Gasteiger partial charge in [0.1, 0.15) is 16.9 Å². The van der Waals surface area contributed by atoms with E-state index in [9.17, 15) is 28.8 Å². The fourth-order valence-electron chi connectivity index (χ4n) is 7.49. The number of anilines is 1. The van der Waals surface area contributed by atoms with Crippen LogP contribution >= 0.6 is 0 Å². The molecule has 0 saturated carbocycles. The van der Waals surface area contributed by atoms with Gasteiger partial charge < -0.3 is 34.1 Å². The lowest BCUT2D eigenvalue weighted by Crippen LogP contribution is -2.28. The fraction of sp³-hybridized carbons (Fsp3) is 0.196. The van der Waals surface area contributed by atoms with Crippen molar-refractivity contribution in [1.29, 1.82) is 0 Å². The van der Waals surface area contributed by atoms with E-state index >= 15 is 0 Å². The number of nitrogens with one attached hydrogen (secondary N) is 4. The lowest BCUT2D eigenvalue weighted by molar-refractivity contribution is 0.0393. The van der Waals surface area contributed by atoms with Crippen molar-refractivity contribution < 1.29 is 28.6 Å². The van der Waals surface area contributed by atoms with E-state index in [1.54, 1.807) is 60.7 Å². The zero-order valence-corrected chi connectivity index (χ0v) is 34.4. The number of aromatic amines is 4. The first kappa shape index (κ1) is 41.5. The highest BCUT2D eigenvalue weighted by molar-refractivity contribution is 6.04. The van der Waals surface area contributed by atoms with E-state index in [1.165, 1.54) is 25.3 Å². The van der Waals surface area contributed by atoms with Crippen LogP contribution in [-0.2, 0) is 17.6 Å². The highest BCUT2D eigenvalue weighted by Gasteiger charge is 2.29. The van der Waals surface area contributed by atoms with Gasteiger partial charge in [-0.3, -0.25) is 14.4 Å². The van der Waals surface area contributed by atoms with Crippen molar-refractivity contribution in [3.05, 3.63) is 150 Å². The maximum atomic E-state index is 13.9. The number of ether oxygens (including phenoxy) is 3. The van der Waals surface area contributed by atoms with Gasteiger partial charge in [-0.15, -0.1) is 5.10 Å². The molecule has 0 spiro atoms. The molecule has 1 saturated heterocycles. The molecule has 318 valence electrons. The van der Waals surface area contributed by atoms with Crippen molar-refractivity contribution in [2.24, 2.45) is 0 Å². The van der Waals surface area contributed by atoms with Gasteiger partial charge >= 0.3 is 17.9 Å². The minimum Gasteiger partial charge on any atom is -0.497 e. The molecule has 63 heavy (non-hydrogen) atoms. The second-order valence-corrected chi connectivity index (χ2v) is 14.6. The number of nitrogens with zero attached hydrogens (tertiary/aromatic N) is 4. The normalized spacial score (nSPS) is 12.3. The summed E-state index contributed by atoms with van der Waals surface area (Å²) in [4.78, 5) is 92.4. The Hall–Kier alpha value is -8.21. The third kappa shape index (κ3) is 8.56. The summed E-state index contributed by atoms with van der Waals surface area (Å²) in [7, 11) is 1.53. The standard InChI is InChI=1S/C46H40N8O9/c1-4-25-22-33(41(55)48-38(25)28-8-10-30(11-9-28)40-50-52-53-51-40)44(58)62-36-24-35(27-12-16-31(17-13-27)54-20-6-7-21-54)47-43(57)37(36)46(60)63-45(59)34-23-26(5-2)39(49-42(34)56)29-14-18-32(61-3)19-15-29/h8-19,22-24H,4-7,20-21H2,1-3H3,(H,47,57)(H,48,55)(H,49,56)(H,50,51,52,53). The van der Waals surface area contributed by atoms with Gasteiger partial charge in [0.15, 0.2) is 17.1 Å². The van der Waals surface area contributed by atoms with Crippen molar-refractivity contribution in [2.75, 3.05) is 25.1 Å². The van der Waals surface area contributed by atoms with Crippen LogP contribution in [-0.4, -0.2) is 73.7 Å². The molecule has 17 heteroatoms.